The van der Waals surface area contributed by atoms with Crippen molar-refractivity contribution in [1.82, 2.24) is 0 Å². The zero-order chi connectivity index (χ0) is 11.7. The van der Waals surface area contributed by atoms with E-state index in [1.165, 1.54) is 16.3 Å². The number of anilines is 1. The summed E-state index contributed by atoms with van der Waals surface area (Å²) in [6, 6.07) is 22.7. The summed E-state index contributed by atoms with van der Waals surface area (Å²) < 4.78 is 0. The Morgan fingerprint density at radius 3 is 2.06 bits per heavy atom. The first kappa shape index (κ1) is 12.5. The number of rotatable bonds is 1. The highest BCUT2D eigenvalue weighted by Gasteiger charge is 2.05. The van der Waals surface area contributed by atoms with E-state index < -0.39 is 0 Å². The molecule has 0 heterocycles. The summed E-state index contributed by atoms with van der Waals surface area (Å²) in [5, 5.41) is 2.49. The highest BCUT2D eigenvalue weighted by molar-refractivity contribution is 5.99. The molecule has 3 rings (SSSR count). The molecule has 3 aromatic carbocycles. The zero-order valence-corrected chi connectivity index (χ0v) is 10.7. The third-order valence-electron chi connectivity index (χ3n) is 3.04. The third-order valence-corrected chi connectivity index (χ3v) is 3.04. The summed E-state index contributed by atoms with van der Waals surface area (Å²) in [5.74, 6) is 0. The Labute approximate surface area is 113 Å². The molecule has 0 atom stereocenters. The number of halogens is 1. The van der Waals surface area contributed by atoms with Crippen molar-refractivity contribution in [3.8, 4) is 11.1 Å². The van der Waals surface area contributed by atoms with Crippen molar-refractivity contribution in [2.75, 3.05) is 5.73 Å². The van der Waals surface area contributed by atoms with Gasteiger partial charge < -0.3 is 5.73 Å². The van der Waals surface area contributed by atoms with Gasteiger partial charge in [-0.2, -0.15) is 0 Å². The van der Waals surface area contributed by atoms with E-state index in [-0.39, 0.29) is 12.4 Å². The fraction of sp³-hybridized carbons (Fsp3) is 0. The van der Waals surface area contributed by atoms with Crippen molar-refractivity contribution in [3.63, 3.8) is 0 Å². The molecule has 0 radical (unpaired) electrons. The van der Waals surface area contributed by atoms with Crippen LogP contribution in [0.3, 0.4) is 0 Å². The van der Waals surface area contributed by atoms with Crippen LogP contribution in [0, 0.1) is 0 Å². The molecule has 3 aromatic rings. The van der Waals surface area contributed by atoms with Crippen LogP contribution in [0.5, 0.6) is 0 Å². The Balaban J connectivity index is 0.00000120. The molecule has 0 aliphatic carbocycles. The summed E-state index contributed by atoms with van der Waals surface area (Å²) >= 11 is 0. The molecule has 0 amide bonds. The van der Waals surface area contributed by atoms with Gasteiger partial charge in [-0.1, -0.05) is 60.7 Å². The van der Waals surface area contributed by atoms with Gasteiger partial charge in [-0.05, 0) is 22.4 Å². The lowest BCUT2D eigenvalue weighted by molar-refractivity contribution is 1.64. The number of para-hydroxylation sites is 1. The van der Waals surface area contributed by atoms with Crippen LogP contribution >= 0.6 is 12.4 Å². The quantitative estimate of drug-likeness (QED) is 0.636. The molecule has 0 fully saturated rings. The van der Waals surface area contributed by atoms with E-state index in [9.17, 15) is 0 Å². The Hall–Kier alpha value is -1.99. The monoisotopic (exact) mass is 255 g/mol. The van der Waals surface area contributed by atoms with E-state index in [1.54, 1.807) is 0 Å². The van der Waals surface area contributed by atoms with E-state index in [0.29, 0.717) is 0 Å². The van der Waals surface area contributed by atoms with Crippen molar-refractivity contribution < 1.29 is 0 Å². The number of nitrogen functional groups attached to an aromatic ring is 1. The largest absolute Gasteiger partial charge is 0.398 e. The molecule has 0 aromatic heterocycles. The summed E-state index contributed by atoms with van der Waals surface area (Å²) in [6.45, 7) is 0. The Kier molecular flexibility index (Phi) is 3.54. The van der Waals surface area contributed by atoms with Gasteiger partial charge in [-0.25, -0.2) is 0 Å². The Morgan fingerprint density at radius 1 is 0.611 bits per heavy atom. The predicted molar refractivity (Wildman–Crippen MR) is 81.0 cm³/mol. The molecule has 0 bridgehead atoms. The second kappa shape index (κ2) is 5.11. The van der Waals surface area contributed by atoms with Crippen LogP contribution in [-0.2, 0) is 0 Å². The van der Waals surface area contributed by atoms with Crippen LogP contribution in [-0.4, -0.2) is 0 Å². The molecular weight excluding hydrogens is 242 g/mol. The average Bonchev–Trinajstić information content (AvgIpc) is 2.39. The van der Waals surface area contributed by atoms with Crippen molar-refractivity contribution in [2.45, 2.75) is 0 Å². The number of nitrogens with two attached hydrogens (primary N) is 1. The summed E-state index contributed by atoms with van der Waals surface area (Å²) in [7, 11) is 0. The molecule has 0 aliphatic rings. The van der Waals surface area contributed by atoms with Gasteiger partial charge in [0.15, 0.2) is 0 Å². The topological polar surface area (TPSA) is 26.0 Å². The van der Waals surface area contributed by atoms with E-state index in [0.717, 1.165) is 11.3 Å². The van der Waals surface area contributed by atoms with Crippen molar-refractivity contribution >= 4 is 28.9 Å². The van der Waals surface area contributed by atoms with E-state index in [4.69, 9.17) is 5.73 Å². The summed E-state index contributed by atoms with van der Waals surface area (Å²) in [6.07, 6.45) is 0. The molecule has 1 nitrogen and oxygen atoms in total. The fourth-order valence-electron chi connectivity index (χ4n) is 2.20. The first-order chi connectivity index (χ1) is 8.36. The highest BCUT2D eigenvalue weighted by atomic mass is 35.5. The highest BCUT2D eigenvalue weighted by Crippen LogP contribution is 2.31. The minimum absolute atomic E-state index is 0. The van der Waals surface area contributed by atoms with Crippen LogP contribution in [0.25, 0.3) is 21.9 Å². The fourth-order valence-corrected chi connectivity index (χ4v) is 2.20. The third kappa shape index (κ3) is 2.05. The summed E-state index contributed by atoms with van der Waals surface area (Å²) in [5.41, 5.74) is 9.16. The van der Waals surface area contributed by atoms with Crippen LogP contribution < -0.4 is 5.73 Å². The van der Waals surface area contributed by atoms with Gasteiger partial charge in [0, 0.05) is 11.3 Å². The molecule has 2 N–H and O–H groups in total. The molecule has 2 heteroatoms. The van der Waals surface area contributed by atoms with Crippen molar-refractivity contribution in [3.05, 3.63) is 66.7 Å². The standard InChI is InChI=1S/C16H13N.ClH/c17-16-11-4-3-9-15(16)14-10-5-7-12-6-1-2-8-13(12)14;/h1-11H,17H2;1H. The van der Waals surface area contributed by atoms with Crippen LogP contribution in [0.1, 0.15) is 0 Å². The number of hydrogen-bond acceptors (Lipinski definition) is 1. The first-order valence-corrected chi connectivity index (χ1v) is 5.69. The molecule has 0 unspecified atom stereocenters. The first-order valence-electron chi connectivity index (χ1n) is 5.69. The summed E-state index contributed by atoms with van der Waals surface area (Å²) in [4.78, 5) is 0. The molecular formula is C16H14ClN. The molecule has 0 spiro atoms. The van der Waals surface area contributed by atoms with Gasteiger partial charge in [-0.15, -0.1) is 12.4 Å². The second-order valence-electron chi connectivity index (χ2n) is 4.11. The second-order valence-corrected chi connectivity index (χ2v) is 4.11. The minimum atomic E-state index is 0. The normalized spacial score (nSPS) is 10.0. The lowest BCUT2D eigenvalue weighted by atomic mass is 9.97. The van der Waals surface area contributed by atoms with Gasteiger partial charge in [-0.3, -0.25) is 0 Å². The zero-order valence-electron chi connectivity index (χ0n) is 9.84. The van der Waals surface area contributed by atoms with Crippen LogP contribution in [0.2, 0.25) is 0 Å². The van der Waals surface area contributed by atoms with Gasteiger partial charge >= 0.3 is 0 Å². The molecule has 90 valence electrons. The molecule has 0 saturated carbocycles. The number of hydrogen-bond donors (Lipinski definition) is 1. The Morgan fingerprint density at radius 2 is 1.22 bits per heavy atom. The number of benzene rings is 3. The van der Waals surface area contributed by atoms with Gasteiger partial charge in [0.05, 0.1) is 0 Å². The molecule has 18 heavy (non-hydrogen) atoms. The maximum absolute atomic E-state index is 6.04. The van der Waals surface area contributed by atoms with Gasteiger partial charge in [0.25, 0.3) is 0 Å². The van der Waals surface area contributed by atoms with Gasteiger partial charge in [0.1, 0.15) is 0 Å². The lowest BCUT2D eigenvalue weighted by Crippen LogP contribution is -1.89. The lowest BCUT2D eigenvalue weighted by Gasteiger charge is -2.09. The van der Waals surface area contributed by atoms with Crippen molar-refractivity contribution in [1.29, 1.82) is 0 Å². The average molecular weight is 256 g/mol. The maximum atomic E-state index is 6.04. The van der Waals surface area contributed by atoms with Crippen LogP contribution in [0.4, 0.5) is 5.69 Å². The predicted octanol–water partition coefficient (Wildman–Crippen LogP) is 4.51. The van der Waals surface area contributed by atoms with Crippen molar-refractivity contribution in [2.24, 2.45) is 0 Å². The van der Waals surface area contributed by atoms with Gasteiger partial charge in [0.2, 0.25) is 0 Å². The van der Waals surface area contributed by atoms with E-state index in [2.05, 4.69) is 48.5 Å². The molecule has 0 aliphatic heterocycles. The van der Waals surface area contributed by atoms with E-state index >= 15 is 0 Å². The van der Waals surface area contributed by atoms with Crippen LogP contribution in [0.15, 0.2) is 66.7 Å². The Bertz CT molecular complexity index is 671. The van der Waals surface area contributed by atoms with E-state index in [1.807, 2.05) is 18.2 Å². The number of fused-ring (bicyclic) bond motifs is 1. The molecule has 0 saturated heterocycles. The smallest absolute Gasteiger partial charge is 0.0393 e. The minimum Gasteiger partial charge on any atom is -0.398 e. The maximum Gasteiger partial charge on any atom is 0.0393 e. The SMILES string of the molecule is Cl.Nc1ccccc1-c1cccc2ccccc12.